The molecule has 0 amide bonds. The van der Waals surface area contributed by atoms with Crippen molar-refractivity contribution in [3.05, 3.63) is 24.4 Å². The fourth-order valence-electron chi connectivity index (χ4n) is 1.27. The second kappa shape index (κ2) is 4.69. The molecule has 0 aromatic carbocycles. The highest BCUT2D eigenvalue weighted by Gasteiger charge is 2.10. The number of aliphatic carboxylic acids is 1. The molecule has 0 saturated carbocycles. The van der Waals surface area contributed by atoms with E-state index in [0.717, 1.165) is 0 Å². The zero-order valence-corrected chi connectivity index (χ0v) is 9.20. The molecule has 0 spiro atoms. The lowest BCUT2D eigenvalue weighted by atomic mass is 10.3. The summed E-state index contributed by atoms with van der Waals surface area (Å²) < 4.78 is 6.78. The van der Waals surface area contributed by atoms with E-state index in [1.807, 2.05) is 0 Å². The standard InChI is InChI=1S/C10H10N4O3/c1-7-12-13-10(17-7)8-2-4-14(11-6-8)5-3-9(15)16/h2,4,6H,3,5H2,1H3/p+1. The molecule has 0 radical (unpaired) electrons. The first-order valence-electron chi connectivity index (χ1n) is 5.03. The minimum atomic E-state index is -0.851. The molecule has 88 valence electrons. The maximum atomic E-state index is 10.4. The molecule has 0 saturated heterocycles. The Balaban J connectivity index is 2.10. The SMILES string of the molecule is Cc1nnc(-c2cc[n+](CCC(=O)O)nc2)o1. The first-order valence-corrected chi connectivity index (χ1v) is 5.03. The zero-order chi connectivity index (χ0) is 12.3. The lowest BCUT2D eigenvalue weighted by Crippen LogP contribution is -2.38. The number of aromatic nitrogens is 4. The van der Waals surface area contributed by atoms with Crippen LogP contribution in [0.5, 0.6) is 0 Å². The molecule has 0 aliphatic heterocycles. The van der Waals surface area contributed by atoms with Crippen molar-refractivity contribution >= 4 is 5.97 Å². The molecular weight excluding hydrogens is 224 g/mol. The molecule has 2 aromatic heterocycles. The topological polar surface area (TPSA) is 93.0 Å². The highest BCUT2D eigenvalue weighted by atomic mass is 16.4. The first kappa shape index (κ1) is 11.2. The molecular formula is C10H11N4O3+. The van der Waals surface area contributed by atoms with Gasteiger partial charge in [-0.15, -0.1) is 10.2 Å². The van der Waals surface area contributed by atoms with Gasteiger partial charge in [-0.3, -0.25) is 4.79 Å². The number of aryl methyl sites for hydroxylation is 2. The van der Waals surface area contributed by atoms with E-state index in [9.17, 15) is 4.79 Å². The van der Waals surface area contributed by atoms with Gasteiger partial charge in [0, 0.05) is 13.0 Å². The third kappa shape index (κ3) is 2.83. The highest BCUT2D eigenvalue weighted by molar-refractivity contribution is 5.66. The van der Waals surface area contributed by atoms with Crippen LogP contribution in [-0.4, -0.2) is 26.4 Å². The van der Waals surface area contributed by atoms with Crippen molar-refractivity contribution in [1.82, 2.24) is 15.3 Å². The molecule has 1 N–H and O–H groups in total. The fourth-order valence-corrected chi connectivity index (χ4v) is 1.27. The smallest absolute Gasteiger partial charge is 0.309 e. The minimum Gasteiger partial charge on any atom is -0.481 e. The van der Waals surface area contributed by atoms with Crippen molar-refractivity contribution in [1.29, 1.82) is 0 Å². The van der Waals surface area contributed by atoms with E-state index in [1.54, 1.807) is 30.1 Å². The molecule has 0 aliphatic rings. The summed E-state index contributed by atoms with van der Waals surface area (Å²) >= 11 is 0. The van der Waals surface area contributed by atoms with E-state index in [4.69, 9.17) is 9.52 Å². The van der Waals surface area contributed by atoms with Crippen molar-refractivity contribution in [3.8, 4) is 11.5 Å². The van der Waals surface area contributed by atoms with Crippen LogP contribution in [-0.2, 0) is 11.3 Å². The minimum absolute atomic E-state index is 0.0384. The van der Waals surface area contributed by atoms with E-state index < -0.39 is 5.97 Å². The fraction of sp³-hybridized carbons (Fsp3) is 0.300. The number of carboxylic acids is 1. The summed E-state index contributed by atoms with van der Waals surface area (Å²) in [7, 11) is 0. The Labute approximate surface area is 96.7 Å². The number of carbonyl (C=O) groups is 1. The van der Waals surface area contributed by atoms with E-state index in [0.29, 0.717) is 23.9 Å². The second-order valence-electron chi connectivity index (χ2n) is 3.45. The van der Waals surface area contributed by atoms with Crippen molar-refractivity contribution in [2.45, 2.75) is 19.9 Å². The Bertz CT molecular complexity index is 521. The highest BCUT2D eigenvalue weighted by Crippen LogP contribution is 2.14. The number of hydrogen-bond acceptors (Lipinski definition) is 5. The van der Waals surface area contributed by atoms with Crippen LogP contribution in [0.1, 0.15) is 12.3 Å². The van der Waals surface area contributed by atoms with Crippen LogP contribution in [0.15, 0.2) is 22.9 Å². The molecule has 7 nitrogen and oxygen atoms in total. The quantitative estimate of drug-likeness (QED) is 0.761. The van der Waals surface area contributed by atoms with Crippen molar-refractivity contribution in [2.75, 3.05) is 0 Å². The van der Waals surface area contributed by atoms with Crippen LogP contribution < -0.4 is 4.68 Å². The predicted molar refractivity (Wildman–Crippen MR) is 54.7 cm³/mol. The van der Waals surface area contributed by atoms with Gasteiger partial charge in [0.1, 0.15) is 12.6 Å². The van der Waals surface area contributed by atoms with Crippen molar-refractivity contribution in [3.63, 3.8) is 0 Å². The van der Waals surface area contributed by atoms with E-state index in [1.165, 1.54) is 0 Å². The van der Waals surface area contributed by atoms with Crippen LogP contribution in [0.4, 0.5) is 0 Å². The molecule has 0 bridgehead atoms. The lowest BCUT2D eigenvalue weighted by Gasteiger charge is -1.93. The monoisotopic (exact) mass is 235 g/mol. The van der Waals surface area contributed by atoms with Crippen molar-refractivity contribution < 1.29 is 19.0 Å². The third-order valence-electron chi connectivity index (χ3n) is 2.10. The summed E-state index contributed by atoms with van der Waals surface area (Å²) in [6.07, 6.45) is 3.28. The van der Waals surface area contributed by atoms with Gasteiger partial charge in [0.25, 0.3) is 0 Å². The molecule has 0 aliphatic carbocycles. The summed E-state index contributed by atoms with van der Waals surface area (Å²) in [5.74, 6) is 0.0406. The third-order valence-corrected chi connectivity index (χ3v) is 2.10. The lowest BCUT2D eigenvalue weighted by molar-refractivity contribution is -0.752. The average Bonchev–Trinajstić information content (AvgIpc) is 2.74. The van der Waals surface area contributed by atoms with Crippen LogP contribution >= 0.6 is 0 Å². The van der Waals surface area contributed by atoms with Gasteiger partial charge < -0.3 is 9.52 Å². The van der Waals surface area contributed by atoms with Gasteiger partial charge in [0.15, 0.2) is 12.7 Å². The molecule has 0 atom stereocenters. The Morgan fingerprint density at radius 1 is 1.53 bits per heavy atom. The molecule has 0 fully saturated rings. The Morgan fingerprint density at radius 3 is 2.88 bits per heavy atom. The number of nitrogens with zero attached hydrogens (tertiary/aromatic N) is 4. The van der Waals surface area contributed by atoms with Crippen LogP contribution in [0.2, 0.25) is 0 Å². The molecule has 0 unspecified atom stereocenters. The number of rotatable bonds is 4. The summed E-state index contributed by atoms with van der Waals surface area (Å²) in [6, 6.07) is 1.75. The van der Waals surface area contributed by atoms with Gasteiger partial charge in [-0.2, -0.15) is 0 Å². The zero-order valence-electron chi connectivity index (χ0n) is 9.20. The number of hydrogen-bond donors (Lipinski definition) is 1. The number of carboxylic acid groups (broad SMARTS) is 1. The molecule has 2 heterocycles. The van der Waals surface area contributed by atoms with Gasteiger partial charge in [-0.1, -0.05) is 4.68 Å². The van der Waals surface area contributed by atoms with Crippen LogP contribution in [0.3, 0.4) is 0 Å². The summed E-state index contributed by atoms with van der Waals surface area (Å²) in [5.41, 5.74) is 0.706. The Morgan fingerprint density at radius 2 is 2.35 bits per heavy atom. The molecule has 2 rings (SSSR count). The molecule has 2 aromatic rings. The van der Waals surface area contributed by atoms with Gasteiger partial charge in [0.2, 0.25) is 11.8 Å². The van der Waals surface area contributed by atoms with Crippen LogP contribution in [0.25, 0.3) is 11.5 Å². The van der Waals surface area contributed by atoms with Gasteiger partial charge >= 0.3 is 5.97 Å². The maximum Gasteiger partial charge on any atom is 0.309 e. The van der Waals surface area contributed by atoms with E-state index in [-0.39, 0.29) is 6.42 Å². The second-order valence-corrected chi connectivity index (χ2v) is 3.45. The normalized spacial score (nSPS) is 10.4. The molecule has 7 heteroatoms. The summed E-state index contributed by atoms with van der Waals surface area (Å²) in [6.45, 7) is 2.04. The Kier molecular flexibility index (Phi) is 3.08. The molecule has 17 heavy (non-hydrogen) atoms. The van der Waals surface area contributed by atoms with Gasteiger partial charge in [-0.05, 0) is 5.10 Å². The van der Waals surface area contributed by atoms with E-state index in [2.05, 4.69) is 15.3 Å². The van der Waals surface area contributed by atoms with Gasteiger partial charge in [-0.25, -0.2) is 0 Å². The van der Waals surface area contributed by atoms with Crippen LogP contribution in [0, 0.1) is 6.92 Å². The largest absolute Gasteiger partial charge is 0.481 e. The predicted octanol–water partition coefficient (Wildman–Crippen LogP) is 0.202. The average molecular weight is 235 g/mol. The van der Waals surface area contributed by atoms with E-state index >= 15 is 0 Å². The summed E-state index contributed by atoms with van der Waals surface area (Å²) in [5, 5.41) is 20.2. The van der Waals surface area contributed by atoms with Gasteiger partial charge in [0.05, 0.1) is 5.56 Å². The maximum absolute atomic E-state index is 10.4. The van der Waals surface area contributed by atoms with Crippen molar-refractivity contribution in [2.24, 2.45) is 0 Å². The summed E-state index contributed by atoms with van der Waals surface area (Å²) in [4.78, 5) is 10.4. The Hall–Kier alpha value is -2.31. The first-order chi connectivity index (χ1) is 8.15.